The van der Waals surface area contributed by atoms with Gasteiger partial charge in [0.15, 0.2) is 0 Å². The molecule has 19 heavy (non-hydrogen) atoms. The van der Waals surface area contributed by atoms with Crippen LogP contribution in [0.15, 0.2) is 4.99 Å². The summed E-state index contributed by atoms with van der Waals surface area (Å²) in [5.41, 5.74) is 0.441. The summed E-state index contributed by atoms with van der Waals surface area (Å²) in [5.74, 6) is 1.39. The number of amidine groups is 1. The standard InChI is InChI=1S/C17H32N2/c1-2-3-4-5-6-11-17(12-7-8-13-17)16-18-14-9-10-15-19-16/h2-15H2,1H3,(H,18,19). The molecule has 110 valence electrons. The van der Waals surface area contributed by atoms with Crippen molar-refractivity contribution >= 4 is 5.84 Å². The van der Waals surface area contributed by atoms with E-state index in [2.05, 4.69) is 12.2 Å². The van der Waals surface area contributed by atoms with E-state index in [1.165, 1.54) is 82.9 Å². The monoisotopic (exact) mass is 264 g/mol. The van der Waals surface area contributed by atoms with E-state index in [0.717, 1.165) is 13.1 Å². The molecule has 0 aromatic rings. The van der Waals surface area contributed by atoms with E-state index in [4.69, 9.17) is 4.99 Å². The van der Waals surface area contributed by atoms with Crippen molar-refractivity contribution in [2.75, 3.05) is 13.1 Å². The Kier molecular flexibility index (Phi) is 6.19. The molecule has 0 atom stereocenters. The zero-order valence-corrected chi connectivity index (χ0v) is 12.8. The highest BCUT2D eigenvalue weighted by atomic mass is 15.0. The first-order chi connectivity index (χ1) is 9.37. The molecule has 2 aliphatic rings. The molecule has 0 amide bonds. The molecule has 1 saturated carbocycles. The molecule has 1 aliphatic heterocycles. The number of nitrogens with zero attached hydrogens (tertiary/aromatic N) is 1. The van der Waals surface area contributed by atoms with Crippen molar-refractivity contribution in [3.63, 3.8) is 0 Å². The molecule has 1 heterocycles. The number of nitrogens with one attached hydrogen (secondary N) is 1. The van der Waals surface area contributed by atoms with Gasteiger partial charge in [0.2, 0.25) is 0 Å². The van der Waals surface area contributed by atoms with Gasteiger partial charge in [-0.25, -0.2) is 0 Å². The summed E-state index contributed by atoms with van der Waals surface area (Å²) in [4.78, 5) is 4.90. The number of hydrogen-bond acceptors (Lipinski definition) is 2. The van der Waals surface area contributed by atoms with Gasteiger partial charge < -0.3 is 5.32 Å². The van der Waals surface area contributed by atoms with Crippen molar-refractivity contribution in [2.24, 2.45) is 10.4 Å². The van der Waals surface area contributed by atoms with Gasteiger partial charge in [-0.3, -0.25) is 4.99 Å². The van der Waals surface area contributed by atoms with E-state index in [1.807, 2.05) is 0 Å². The Bertz CT molecular complexity index is 277. The van der Waals surface area contributed by atoms with Gasteiger partial charge in [0.05, 0.1) is 0 Å². The van der Waals surface area contributed by atoms with Crippen molar-refractivity contribution < 1.29 is 0 Å². The SMILES string of the molecule is CCCCCCCC1(C2=NCCCCN2)CCCC1. The Labute approximate surface area is 119 Å². The molecule has 1 fully saturated rings. The minimum atomic E-state index is 0.441. The van der Waals surface area contributed by atoms with Crippen LogP contribution in [0.2, 0.25) is 0 Å². The first-order valence-electron chi connectivity index (χ1n) is 8.66. The summed E-state index contributed by atoms with van der Waals surface area (Å²) < 4.78 is 0. The fraction of sp³-hybridized carbons (Fsp3) is 0.941. The highest BCUT2D eigenvalue weighted by Crippen LogP contribution is 2.43. The molecule has 1 aliphatic carbocycles. The van der Waals surface area contributed by atoms with E-state index >= 15 is 0 Å². The van der Waals surface area contributed by atoms with Crippen molar-refractivity contribution in [3.8, 4) is 0 Å². The predicted octanol–water partition coefficient (Wildman–Crippen LogP) is 4.69. The number of aliphatic imine (C=N–C) groups is 1. The molecular weight excluding hydrogens is 232 g/mol. The lowest BCUT2D eigenvalue weighted by Gasteiger charge is -2.31. The van der Waals surface area contributed by atoms with E-state index in [9.17, 15) is 0 Å². The second-order valence-corrected chi connectivity index (χ2v) is 6.52. The molecule has 0 radical (unpaired) electrons. The molecule has 1 N–H and O–H groups in total. The summed E-state index contributed by atoms with van der Waals surface area (Å²) in [5, 5.41) is 3.67. The Morgan fingerprint density at radius 1 is 1.00 bits per heavy atom. The zero-order valence-electron chi connectivity index (χ0n) is 12.8. The van der Waals surface area contributed by atoms with Crippen LogP contribution in [0.4, 0.5) is 0 Å². The van der Waals surface area contributed by atoms with Crippen LogP contribution in [0.25, 0.3) is 0 Å². The maximum Gasteiger partial charge on any atom is 0.103 e. The lowest BCUT2D eigenvalue weighted by Crippen LogP contribution is -2.39. The molecule has 2 heteroatoms. The van der Waals surface area contributed by atoms with E-state index in [0.29, 0.717) is 5.41 Å². The summed E-state index contributed by atoms with van der Waals surface area (Å²) in [7, 11) is 0. The van der Waals surface area contributed by atoms with Gasteiger partial charge in [0.1, 0.15) is 5.84 Å². The average molecular weight is 264 g/mol. The van der Waals surface area contributed by atoms with Crippen molar-refractivity contribution in [1.82, 2.24) is 5.32 Å². The third kappa shape index (κ3) is 4.22. The molecule has 0 saturated heterocycles. The summed E-state index contributed by atoms with van der Waals surface area (Å²) in [6, 6.07) is 0. The zero-order chi connectivity index (χ0) is 13.4. The molecule has 0 aromatic carbocycles. The van der Waals surface area contributed by atoms with Crippen LogP contribution >= 0.6 is 0 Å². The third-order valence-corrected chi connectivity index (χ3v) is 4.97. The van der Waals surface area contributed by atoms with Gasteiger partial charge in [-0.15, -0.1) is 0 Å². The first-order valence-corrected chi connectivity index (χ1v) is 8.66. The molecule has 2 rings (SSSR count). The smallest absolute Gasteiger partial charge is 0.103 e. The summed E-state index contributed by atoms with van der Waals surface area (Å²) >= 11 is 0. The molecule has 0 unspecified atom stereocenters. The van der Waals surface area contributed by atoms with Crippen molar-refractivity contribution in [2.45, 2.75) is 84.0 Å². The van der Waals surface area contributed by atoms with E-state index < -0.39 is 0 Å². The van der Waals surface area contributed by atoms with Gasteiger partial charge in [0.25, 0.3) is 0 Å². The van der Waals surface area contributed by atoms with Gasteiger partial charge in [-0.05, 0) is 32.1 Å². The molecular formula is C17H32N2. The Hall–Kier alpha value is -0.530. The summed E-state index contributed by atoms with van der Waals surface area (Å²) in [6.07, 6.45) is 16.5. The van der Waals surface area contributed by atoms with Crippen LogP contribution in [0.5, 0.6) is 0 Å². The number of unbranched alkanes of at least 4 members (excludes halogenated alkanes) is 4. The largest absolute Gasteiger partial charge is 0.373 e. The fourth-order valence-electron chi connectivity index (χ4n) is 3.77. The maximum atomic E-state index is 4.90. The van der Waals surface area contributed by atoms with Gasteiger partial charge in [0, 0.05) is 18.5 Å². The highest BCUT2D eigenvalue weighted by Gasteiger charge is 2.38. The topological polar surface area (TPSA) is 24.4 Å². The van der Waals surface area contributed by atoms with Gasteiger partial charge in [-0.1, -0.05) is 51.9 Å². The average Bonchev–Trinajstić information content (AvgIpc) is 2.73. The summed E-state index contributed by atoms with van der Waals surface area (Å²) in [6.45, 7) is 4.50. The highest BCUT2D eigenvalue weighted by molar-refractivity contribution is 5.88. The van der Waals surface area contributed by atoms with Gasteiger partial charge >= 0.3 is 0 Å². The Balaban J connectivity index is 1.87. The van der Waals surface area contributed by atoms with Crippen LogP contribution in [-0.2, 0) is 0 Å². The number of rotatable bonds is 7. The fourth-order valence-corrected chi connectivity index (χ4v) is 3.77. The van der Waals surface area contributed by atoms with Crippen LogP contribution in [-0.4, -0.2) is 18.9 Å². The lowest BCUT2D eigenvalue weighted by atomic mass is 9.79. The molecule has 0 spiro atoms. The van der Waals surface area contributed by atoms with Crippen LogP contribution in [0.1, 0.15) is 84.0 Å². The molecule has 0 bridgehead atoms. The lowest BCUT2D eigenvalue weighted by molar-refractivity contribution is 0.366. The maximum absolute atomic E-state index is 4.90. The normalized spacial score (nSPS) is 22.7. The van der Waals surface area contributed by atoms with E-state index in [-0.39, 0.29) is 0 Å². The molecule has 0 aromatic heterocycles. The Morgan fingerprint density at radius 2 is 1.79 bits per heavy atom. The van der Waals surface area contributed by atoms with Crippen molar-refractivity contribution in [3.05, 3.63) is 0 Å². The predicted molar refractivity (Wildman–Crippen MR) is 83.8 cm³/mol. The first kappa shape index (κ1) is 14.9. The number of hydrogen-bond donors (Lipinski definition) is 1. The second kappa shape index (κ2) is 7.91. The Morgan fingerprint density at radius 3 is 2.58 bits per heavy atom. The van der Waals surface area contributed by atoms with E-state index in [1.54, 1.807) is 0 Å². The quantitative estimate of drug-likeness (QED) is 0.663. The van der Waals surface area contributed by atoms with Crippen LogP contribution < -0.4 is 5.32 Å². The second-order valence-electron chi connectivity index (χ2n) is 6.52. The van der Waals surface area contributed by atoms with Crippen molar-refractivity contribution in [1.29, 1.82) is 0 Å². The molecule has 2 nitrogen and oxygen atoms in total. The van der Waals surface area contributed by atoms with Crippen LogP contribution in [0, 0.1) is 5.41 Å². The van der Waals surface area contributed by atoms with Gasteiger partial charge in [-0.2, -0.15) is 0 Å². The minimum Gasteiger partial charge on any atom is -0.373 e. The van der Waals surface area contributed by atoms with Crippen LogP contribution in [0.3, 0.4) is 0 Å². The minimum absolute atomic E-state index is 0.441. The third-order valence-electron chi connectivity index (χ3n) is 4.97.